The predicted molar refractivity (Wildman–Crippen MR) is 119 cm³/mol. The van der Waals surface area contributed by atoms with E-state index in [-0.39, 0.29) is 36.7 Å². The summed E-state index contributed by atoms with van der Waals surface area (Å²) < 4.78 is 16.3. The molecule has 9 nitrogen and oxygen atoms in total. The van der Waals surface area contributed by atoms with Crippen molar-refractivity contribution in [2.75, 3.05) is 23.8 Å². The van der Waals surface area contributed by atoms with E-state index in [1.165, 1.54) is 6.07 Å². The highest BCUT2D eigenvalue weighted by atomic mass is 19.1. The highest BCUT2D eigenvalue weighted by Gasteiger charge is 2.29. The fourth-order valence-electron chi connectivity index (χ4n) is 4.61. The Hall–Kier alpha value is -2.82. The summed E-state index contributed by atoms with van der Waals surface area (Å²) in [5.41, 5.74) is 1.60. The quantitative estimate of drug-likeness (QED) is 0.395. The number of fused-ring (bicyclic) bond motifs is 1. The molecule has 3 aromatic rings. The number of halogens is 1. The molecular weight excluding hydrogens is 413 g/mol. The van der Waals surface area contributed by atoms with Gasteiger partial charge in [-0.1, -0.05) is 12.1 Å². The van der Waals surface area contributed by atoms with E-state index in [1.54, 1.807) is 24.4 Å². The van der Waals surface area contributed by atoms with Gasteiger partial charge in [-0.15, -0.1) is 0 Å². The number of aliphatic hydroxyl groups is 2. The Kier molecular flexibility index (Phi) is 5.90. The fourth-order valence-corrected chi connectivity index (χ4v) is 4.61. The van der Waals surface area contributed by atoms with E-state index in [2.05, 4.69) is 25.9 Å². The van der Waals surface area contributed by atoms with Crippen LogP contribution in [-0.2, 0) is 0 Å². The lowest BCUT2D eigenvalue weighted by Crippen LogP contribution is -2.29. The number of imidazole rings is 1. The molecule has 0 radical (unpaired) electrons. The summed E-state index contributed by atoms with van der Waals surface area (Å²) in [6.45, 7) is 0.699. The van der Waals surface area contributed by atoms with Gasteiger partial charge in [-0.2, -0.15) is 4.98 Å². The number of rotatable bonds is 6. The van der Waals surface area contributed by atoms with E-state index in [1.807, 2.05) is 4.57 Å². The summed E-state index contributed by atoms with van der Waals surface area (Å²) in [7, 11) is 0. The molecular formula is C22H28FN7O2. The zero-order valence-corrected chi connectivity index (χ0v) is 17.7. The van der Waals surface area contributed by atoms with Crippen LogP contribution in [0.25, 0.3) is 11.2 Å². The van der Waals surface area contributed by atoms with Crippen molar-refractivity contribution in [3.05, 3.63) is 36.3 Å². The van der Waals surface area contributed by atoms with E-state index < -0.39 is 0 Å². The first-order valence-electron chi connectivity index (χ1n) is 11.2. The number of benzene rings is 1. The molecule has 5 N–H and O–H groups in total. The highest BCUT2D eigenvalue weighted by molar-refractivity contribution is 5.76. The van der Waals surface area contributed by atoms with E-state index in [0.29, 0.717) is 41.7 Å². The van der Waals surface area contributed by atoms with E-state index in [4.69, 9.17) is 4.98 Å². The molecule has 5 rings (SSSR count). The summed E-state index contributed by atoms with van der Waals surface area (Å²) in [6, 6.07) is 6.68. The van der Waals surface area contributed by atoms with Gasteiger partial charge in [0.2, 0.25) is 11.9 Å². The van der Waals surface area contributed by atoms with Gasteiger partial charge in [0, 0.05) is 18.6 Å². The number of hydrogen-bond acceptors (Lipinski definition) is 8. The Balaban J connectivity index is 1.49. The van der Waals surface area contributed by atoms with Gasteiger partial charge in [-0.25, -0.2) is 14.4 Å². The number of hydrogen-bond donors (Lipinski definition) is 5. The average Bonchev–Trinajstić information content (AvgIpc) is 3.40. The first-order valence-corrected chi connectivity index (χ1v) is 11.2. The Bertz CT molecular complexity index is 1080. The summed E-state index contributed by atoms with van der Waals surface area (Å²) in [4.78, 5) is 13.9. The third kappa shape index (κ3) is 4.25. The van der Waals surface area contributed by atoms with Crippen LogP contribution >= 0.6 is 0 Å². The molecule has 10 heteroatoms. The first kappa shape index (κ1) is 21.0. The molecule has 1 saturated carbocycles. The van der Waals surface area contributed by atoms with E-state index in [9.17, 15) is 14.6 Å². The van der Waals surface area contributed by atoms with Crippen LogP contribution in [0.2, 0.25) is 0 Å². The largest absolute Gasteiger partial charge is 0.395 e. The molecule has 2 unspecified atom stereocenters. The van der Waals surface area contributed by atoms with Crippen LogP contribution in [-0.4, -0.2) is 61.1 Å². The molecule has 2 aliphatic rings. The van der Waals surface area contributed by atoms with Crippen molar-refractivity contribution in [3.8, 4) is 0 Å². The van der Waals surface area contributed by atoms with E-state index in [0.717, 1.165) is 25.7 Å². The molecule has 3 heterocycles. The zero-order chi connectivity index (χ0) is 22.1. The second-order valence-electron chi connectivity index (χ2n) is 8.64. The van der Waals surface area contributed by atoms with Crippen molar-refractivity contribution in [2.45, 2.75) is 56.3 Å². The van der Waals surface area contributed by atoms with Crippen LogP contribution < -0.4 is 16.0 Å². The Labute approximate surface area is 185 Å². The number of aliphatic hydroxyl groups excluding tert-OH is 2. The van der Waals surface area contributed by atoms with Gasteiger partial charge in [-0.05, 0) is 44.2 Å². The molecule has 0 bridgehead atoms. The SMILES string of the molecule is OCC1CC(n2c(Nc3ccccc3F)nc3cnc(NC4CCC(O)CC4)nc32)CN1. The van der Waals surface area contributed by atoms with Gasteiger partial charge < -0.3 is 26.2 Å². The number of para-hydroxylation sites is 1. The molecule has 2 aromatic heterocycles. The lowest BCUT2D eigenvalue weighted by molar-refractivity contribution is 0.126. The third-order valence-corrected chi connectivity index (χ3v) is 6.37. The second-order valence-corrected chi connectivity index (χ2v) is 8.64. The fraction of sp³-hybridized carbons (Fsp3) is 0.500. The molecule has 1 aliphatic heterocycles. The minimum atomic E-state index is -0.364. The lowest BCUT2D eigenvalue weighted by atomic mass is 9.93. The maximum atomic E-state index is 14.3. The van der Waals surface area contributed by atoms with Crippen LogP contribution in [0, 0.1) is 5.82 Å². The zero-order valence-electron chi connectivity index (χ0n) is 17.7. The van der Waals surface area contributed by atoms with Crippen molar-refractivity contribution in [2.24, 2.45) is 0 Å². The van der Waals surface area contributed by atoms with E-state index >= 15 is 0 Å². The molecule has 170 valence electrons. The molecule has 32 heavy (non-hydrogen) atoms. The third-order valence-electron chi connectivity index (χ3n) is 6.37. The van der Waals surface area contributed by atoms with Gasteiger partial charge in [-0.3, -0.25) is 4.57 Å². The van der Waals surface area contributed by atoms with Crippen molar-refractivity contribution >= 4 is 28.7 Å². The van der Waals surface area contributed by atoms with Crippen molar-refractivity contribution in [1.29, 1.82) is 0 Å². The monoisotopic (exact) mass is 441 g/mol. The Morgan fingerprint density at radius 1 is 1.16 bits per heavy atom. The normalized spacial score (nSPS) is 25.8. The van der Waals surface area contributed by atoms with Crippen LogP contribution in [0.15, 0.2) is 30.5 Å². The maximum absolute atomic E-state index is 14.3. The maximum Gasteiger partial charge on any atom is 0.224 e. The molecule has 0 amide bonds. The van der Waals surface area contributed by atoms with Crippen LogP contribution in [0.3, 0.4) is 0 Å². The van der Waals surface area contributed by atoms with Crippen LogP contribution in [0.5, 0.6) is 0 Å². The topological polar surface area (TPSA) is 120 Å². The van der Waals surface area contributed by atoms with Gasteiger partial charge in [0.15, 0.2) is 5.65 Å². The van der Waals surface area contributed by atoms with Gasteiger partial charge in [0.05, 0.1) is 30.6 Å². The van der Waals surface area contributed by atoms with Crippen molar-refractivity contribution in [1.82, 2.24) is 24.8 Å². The van der Waals surface area contributed by atoms with Crippen molar-refractivity contribution in [3.63, 3.8) is 0 Å². The molecule has 2 fully saturated rings. The predicted octanol–water partition coefficient (Wildman–Crippen LogP) is 2.32. The Morgan fingerprint density at radius 2 is 1.97 bits per heavy atom. The summed E-state index contributed by atoms with van der Waals surface area (Å²) in [6.07, 6.45) is 5.44. The summed E-state index contributed by atoms with van der Waals surface area (Å²) >= 11 is 0. The minimum absolute atomic E-state index is 0.000925. The molecule has 1 aromatic carbocycles. The molecule has 2 atom stereocenters. The van der Waals surface area contributed by atoms with Crippen LogP contribution in [0.1, 0.15) is 38.1 Å². The summed E-state index contributed by atoms with van der Waals surface area (Å²) in [5, 5.41) is 29.1. The Morgan fingerprint density at radius 3 is 2.72 bits per heavy atom. The van der Waals surface area contributed by atoms with Crippen molar-refractivity contribution < 1.29 is 14.6 Å². The average molecular weight is 442 g/mol. The number of aromatic nitrogens is 4. The lowest BCUT2D eigenvalue weighted by Gasteiger charge is -2.26. The van der Waals surface area contributed by atoms with Gasteiger partial charge in [0.1, 0.15) is 11.3 Å². The molecule has 1 aliphatic carbocycles. The number of nitrogens with zero attached hydrogens (tertiary/aromatic N) is 4. The number of anilines is 3. The number of nitrogens with one attached hydrogen (secondary N) is 3. The molecule has 1 saturated heterocycles. The standard InChI is InChI=1S/C22H28FN7O2/c23-17-3-1-2-4-18(17)27-22-28-19-11-25-21(26-13-5-7-16(32)8-6-13)29-20(19)30(22)15-9-14(12-31)24-10-15/h1-4,11,13-16,24,31-32H,5-10,12H2,(H,27,28)(H,25,26,29). The van der Waals surface area contributed by atoms with Crippen LogP contribution in [0.4, 0.5) is 22.0 Å². The molecule has 0 spiro atoms. The minimum Gasteiger partial charge on any atom is -0.395 e. The van der Waals surface area contributed by atoms with Gasteiger partial charge >= 0.3 is 0 Å². The second kappa shape index (κ2) is 8.97. The highest BCUT2D eigenvalue weighted by Crippen LogP contribution is 2.31. The summed E-state index contributed by atoms with van der Waals surface area (Å²) in [5.74, 6) is 0.640. The van der Waals surface area contributed by atoms with Gasteiger partial charge in [0.25, 0.3) is 0 Å². The first-order chi connectivity index (χ1) is 15.6. The smallest absolute Gasteiger partial charge is 0.224 e.